The van der Waals surface area contributed by atoms with Gasteiger partial charge in [0.25, 0.3) is 0 Å². The second kappa shape index (κ2) is 6.87. The molecule has 8 nitrogen and oxygen atoms in total. The molecule has 0 saturated carbocycles. The summed E-state index contributed by atoms with van der Waals surface area (Å²) < 4.78 is 22.5. The summed E-state index contributed by atoms with van der Waals surface area (Å²) in [6.45, 7) is 3.75. The van der Waals surface area contributed by atoms with Gasteiger partial charge in [0.1, 0.15) is 34.3 Å². The number of aryl methyl sites for hydroxylation is 2. The molecule has 150 valence electrons. The zero-order chi connectivity index (χ0) is 20.8. The highest BCUT2D eigenvalue weighted by Crippen LogP contribution is 2.33. The van der Waals surface area contributed by atoms with Gasteiger partial charge in [-0.05, 0) is 26.0 Å². The molecule has 0 aliphatic rings. The maximum Gasteiger partial charge on any atom is 0.152 e. The van der Waals surface area contributed by atoms with E-state index in [1.165, 1.54) is 6.07 Å². The average molecular weight is 403 g/mol. The van der Waals surface area contributed by atoms with Crippen LogP contribution in [0, 0.1) is 12.7 Å². The van der Waals surface area contributed by atoms with E-state index in [0.29, 0.717) is 33.6 Å². The zero-order valence-corrected chi connectivity index (χ0v) is 16.6. The van der Waals surface area contributed by atoms with Crippen LogP contribution in [0.25, 0.3) is 33.2 Å². The van der Waals surface area contributed by atoms with Gasteiger partial charge in [0.05, 0.1) is 11.7 Å². The number of hydrogen-bond acceptors (Lipinski definition) is 6. The van der Waals surface area contributed by atoms with Crippen LogP contribution in [0.15, 0.2) is 43.0 Å². The topological polar surface area (TPSA) is 94.4 Å². The van der Waals surface area contributed by atoms with Gasteiger partial charge in [-0.25, -0.2) is 4.39 Å². The molecule has 0 spiro atoms. The minimum atomic E-state index is -0.463. The molecular weight excluding hydrogens is 385 g/mol. The number of H-pyrrole nitrogens is 1. The second-order valence-corrected chi connectivity index (χ2v) is 7.14. The molecule has 1 atom stereocenters. The second-order valence-electron chi connectivity index (χ2n) is 7.14. The molecule has 1 aromatic carbocycles. The predicted octanol–water partition coefficient (Wildman–Crippen LogP) is 3.89. The van der Waals surface area contributed by atoms with E-state index in [4.69, 9.17) is 4.74 Å². The predicted molar refractivity (Wildman–Crippen MR) is 109 cm³/mol. The molecule has 5 rings (SSSR count). The number of aromatic amines is 1. The Morgan fingerprint density at radius 1 is 1.17 bits per heavy atom. The molecule has 0 fully saturated rings. The first-order chi connectivity index (χ1) is 14.5. The molecule has 0 aliphatic carbocycles. The van der Waals surface area contributed by atoms with Crippen molar-refractivity contribution in [1.82, 2.24) is 34.9 Å². The van der Waals surface area contributed by atoms with Crippen molar-refractivity contribution < 1.29 is 9.13 Å². The van der Waals surface area contributed by atoms with Crippen LogP contribution in [0.1, 0.15) is 24.4 Å². The molecule has 1 unspecified atom stereocenters. The molecule has 4 aromatic heterocycles. The van der Waals surface area contributed by atoms with Crippen molar-refractivity contribution in [2.45, 2.75) is 20.0 Å². The summed E-state index contributed by atoms with van der Waals surface area (Å²) >= 11 is 0. The Morgan fingerprint density at radius 2 is 2.00 bits per heavy atom. The lowest BCUT2D eigenvalue weighted by Gasteiger charge is -2.16. The Balaban J connectivity index is 1.56. The Bertz CT molecular complexity index is 1390. The first kappa shape index (κ1) is 18.2. The van der Waals surface area contributed by atoms with E-state index in [2.05, 4.69) is 30.2 Å². The van der Waals surface area contributed by atoms with E-state index in [-0.39, 0.29) is 0 Å². The number of fused-ring (bicyclic) bond motifs is 2. The van der Waals surface area contributed by atoms with Gasteiger partial charge >= 0.3 is 0 Å². The summed E-state index contributed by atoms with van der Waals surface area (Å²) in [5, 5.41) is 11.8. The van der Waals surface area contributed by atoms with Crippen molar-refractivity contribution in [2.24, 2.45) is 7.05 Å². The standard InChI is InChI=1S/C21H18FN7O/c1-11-6-17-21(24-5-4-23-17)18(26-11)12(2)30-14-7-15-19(13-9-25-29(3)10-13)27-28-20(15)16(22)8-14/h4-10,12H,1-3H3,(H,27,28). The van der Waals surface area contributed by atoms with E-state index in [9.17, 15) is 4.39 Å². The lowest BCUT2D eigenvalue weighted by atomic mass is 10.1. The van der Waals surface area contributed by atoms with E-state index in [1.54, 1.807) is 29.3 Å². The van der Waals surface area contributed by atoms with Gasteiger partial charge in [-0.1, -0.05) is 0 Å². The molecule has 0 radical (unpaired) electrons. The smallest absolute Gasteiger partial charge is 0.152 e. The summed E-state index contributed by atoms with van der Waals surface area (Å²) in [7, 11) is 1.82. The normalized spacial score (nSPS) is 12.5. The molecule has 4 heterocycles. The van der Waals surface area contributed by atoms with E-state index >= 15 is 0 Å². The molecule has 1 N–H and O–H groups in total. The van der Waals surface area contributed by atoms with Crippen LogP contribution < -0.4 is 4.74 Å². The molecule has 5 aromatic rings. The Morgan fingerprint density at radius 3 is 2.80 bits per heavy atom. The summed E-state index contributed by atoms with van der Waals surface area (Å²) in [5.41, 5.74) is 4.58. The third-order valence-electron chi connectivity index (χ3n) is 4.89. The maximum atomic E-state index is 14.7. The van der Waals surface area contributed by atoms with Crippen LogP contribution in [0.5, 0.6) is 5.75 Å². The first-order valence-corrected chi connectivity index (χ1v) is 9.41. The van der Waals surface area contributed by atoms with Gasteiger partial charge in [-0.2, -0.15) is 10.2 Å². The van der Waals surface area contributed by atoms with Gasteiger partial charge < -0.3 is 4.74 Å². The number of aromatic nitrogens is 7. The Hall–Kier alpha value is -3.88. The average Bonchev–Trinajstić information content (AvgIpc) is 3.33. The molecule has 0 bridgehead atoms. The largest absolute Gasteiger partial charge is 0.484 e. The summed E-state index contributed by atoms with van der Waals surface area (Å²) in [4.78, 5) is 13.3. The lowest BCUT2D eigenvalue weighted by molar-refractivity contribution is 0.222. The quantitative estimate of drug-likeness (QED) is 0.489. The van der Waals surface area contributed by atoms with Crippen molar-refractivity contribution in [1.29, 1.82) is 0 Å². The fourth-order valence-electron chi connectivity index (χ4n) is 3.55. The van der Waals surface area contributed by atoms with Crippen LogP contribution in [-0.4, -0.2) is 34.9 Å². The molecule has 0 amide bonds. The van der Waals surface area contributed by atoms with Crippen molar-refractivity contribution in [3.63, 3.8) is 0 Å². The molecule has 30 heavy (non-hydrogen) atoms. The number of nitrogens with one attached hydrogen (secondary N) is 1. The number of rotatable bonds is 4. The van der Waals surface area contributed by atoms with E-state index in [0.717, 1.165) is 16.8 Å². The Kier molecular flexibility index (Phi) is 4.16. The highest BCUT2D eigenvalue weighted by Gasteiger charge is 2.19. The first-order valence-electron chi connectivity index (χ1n) is 9.41. The number of nitrogens with zero attached hydrogens (tertiary/aromatic N) is 6. The van der Waals surface area contributed by atoms with Crippen molar-refractivity contribution >= 4 is 21.9 Å². The van der Waals surface area contributed by atoms with Crippen molar-refractivity contribution in [2.75, 3.05) is 0 Å². The van der Waals surface area contributed by atoms with E-state index in [1.807, 2.05) is 33.2 Å². The van der Waals surface area contributed by atoms with Crippen LogP contribution in [0.4, 0.5) is 4.39 Å². The van der Waals surface area contributed by atoms with Gasteiger partial charge in [0, 0.05) is 48.3 Å². The minimum Gasteiger partial charge on any atom is -0.484 e. The van der Waals surface area contributed by atoms with Crippen LogP contribution in [-0.2, 0) is 7.05 Å². The summed E-state index contributed by atoms with van der Waals surface area (Å²) in [5.74, 6) is -0.0708. The fourth-order valence-corrected chi connectivity index (χ4v) is 3.55. The number of halogens is 1. The third-order valence-corrected chi connectivity index (χ3v) is 4.89. The monoisotopic (exact) mass is 403 g/mol. The number of hydrogen-bond donors (Lipinski definition) is 1. The molecular formula is C21H18FN7O. The molecule has 0 saturated heterocycles. The van der Waals surface area contributed by atoms with Crippen molar-refractivity contribution in [3.8, 4) is 17.0 Å². The number of benzene rings is 1. The van der Waals surface area contributed by atoms with Gasteiger partial charge in [0.15, 0.2) is 5.82 Å². The SMILES string of the molecule is Cc1cc2nccnc2c(C(C)Oc2cc(F)c3[nH]nc(-c4cnn(C)c4)c3c2)n1. The van der Waals surface area contributed by atoms with Crippen molar-refractivity contribution in [3.05, 3.63) is 60.2 Å². The number of pyridine rings is 1. The van der Waals surface area contributed by atoms with Gasteiger partial charge in [-0.3, -0.25) is 24.7 Å². The van der Waals surface area contributed by atoms with Gasteiger partial charge in [0.2, 0.25) is 0 Å². The van der Waals surface area contributed by atoms with Crippen LogP contribution in [0.2, 0.25) is 0 Å². The Labute approximate surface area is 170 Å². The molecule has 0 aliphatic heterocycles. The van der Waals surface area contributed by atoms with Crippen LogP contribution >= 0.6 is 0 Å². The number of ether oxygens (including phenoxy) is 1. The van der Waals surface area contributed by atoms with Gasteiger partial charge in [-0.15, -0.1) is 0 Å². The third kappa shape index (κ3) is 3.04. The summed E-state index contributed by atoms with van der Waals surface area (Å²) in [6, 6.07) is 4.98. The molecule has 9 heteroatoms. The lowest BCUT2D eigenvalue weighted by Crippen LogP contribution is -2.08. The minimum absolute atomic E-state index is 0.318. The summed E-state index contributed by atoms with van der Waals surface area (Å²) in [6.07, 6.45) is 6.30. The zero-order valence-electron chi connectivity index (χ0n) is 16.6. The maximum absolute atomic E-state index is 14.7. The highest BCUT2D eigenvalue weighted by atomic mass is 19.1. The fraction of sp³-hybridized carbons (Fsp3) is 0.190. The van der Waals surface area contributed by atoms with Crippen LogP contribution in [0.3, 0.4) is 0 Å². The highest BCUT2D eigenvalue weighted by molar-refractivity contribution is 5.93. The van der Waals surface area contributed by atoms with E-state index < -0.39 is 11.9 Å².